The number of hydrogen-bond donors (Lipinski definition) is 0. The standard InChI is InChI=1S/C26H35N5O3/c1-3-13-31(26(33)20-7-4-8-20)19-25(32)30-15-6-14-29(16-17-30)24-12-11-23(27-28-24)21-9-5-10-22(18-21)34-2/h5,9-12,18,20H,3-4,6-8,13-17,19H2,1-2H3. The summed E-state index contributed by atoms with van der Waals surface area (Å²) in [6.45, 7) is 5.72. The number of ether oxygens (including phenoxy) is 1. The number of benzene rings is 1. The minimum Gasteiger partial charge on any atom is -0.497 e. The minimum atomic E-state index is 0.0439. The summed E-state index contributed by atoms with van der Waals surface area (Å²) >= 11 is 0. The second-order valence-electron chi connectivity index (χ2n) is 9.12. The van der Waals surface area contributed by atoms with Crippen molar-refractivity contribution in [3.05, 3.63) is 36.4 Å². The number of carbonyl (C=O) groups excluding carboxylic acids is 2. The van der Waals surface area contributed by atoms with E-state index >= 15 is 0 Å². The summed E-state index contributed by atoms with van der Waals surface area (Å²) in [5, 5.41) is 8.88. The van der Waals surface area contributed by atoms with E-state index in [1.807, 2.05) is 41.3 Å². The number of amides is 2. The Kier molecular flexibility index (Phi) is 7.98. The highest BCUT2D eigenvalue weighted by Gasteiger charge is 2.31. The van der Waals surface area contributed by atoms with Crippen LogP contribution in [0.4, 0.5) is 5.82 Å². The number of aromatic nitrogens is 2. The molecule has 2 amide bonds. The first kappa shape index (κ1) is 24.0. The van der Waals surface area contributed by atoms with Gasteiger partial charge in [0, 0.05) is 44.2 Å². The molecule has 1 aliphatic carbocycles. The van der Waals surface area contributed by atoms with Gasteiger partial charge in [0.2, 0.25) is 11.8 Å². The first-order chi connectivity index (χ1) is 16.6. The van der Waals surface area contributed by atoms with E-state index in [0.29, 0.717) is 26.2 Å². The molecule has 2 aliphatic rings. The van der Waals surface area contributed by atoms with E-state index in [4.69, 9.17) is 4.74 Å². The fourth-order valence-corrected chi connectivity index (χ4v) is 4.54. The van der Waals surface area contributed by atoms with Crippen LogP contribution >= 0.6 is 0 Å². The Labute approximate surface area is 201 Å². The van der Waals surface area contributed by atoms with Crippen molar-refractivity contribution in [1.29, 1.82) is 0 Å². The van der Waals surface area contributed by atoms with Gasteiger partial charge in [0.05, 0.1) is 19.3 Å². The molecule has 0 atom stereocenters. The maximum absolute atomic E-state index is 13.0. The van der Waals surface area contributed by atoms with E-state index in [9.17, 15) is 9.59 Å². The van der Waals surface area contributed by atoms with E-state index in [1.54, 1.807) is 12.0 Å². The molecule has 1 aromatic carbocycles. The van der Waals surface area contributed by atoms with Gasteiger partial charge in [-0.3, -0.25) is 9.59 Å². The summed E-state index contributed by atoms with van der Waals surface area (Å²) in [5.41, 5.74) is 1.75. The van der Waals surface area contributed by atoms with Crippen molar-refractivity contribution in [2.75, 3.05) is 51.3 Å². The zero-order valence-corrected chi connectivity index (χ0v) is 20.3. The maximum Gasteiger partial charge on any atom is 0.242 e. The van der Waals surface area contributed by atoms with Gasteiger partial charge in [0.1, 0.15) is 5.75 Å². The van der Waals surface area contributed by atoms with Gasteiger partial charge in [-0.05, 0) is 49.9 Å². The van der Waals surface area contributed by atoms with Crippen molar-refractivity contribution < 1.29 is 14.3 Å². The van der Waals surface area contributed by atoms with Gasteiger partial charge in [-0.25, -0.2) is 0 Å². The zero-order valence-electron chi connectivity index (χ0n) is 20.3. The smallest absolute Gasteiger partial charge is 0.242 e. The fourth-order valence-electron chi connectivity index (χ4n) is 4.54. The Balaban J connectivity index is 1.35. The molecule has 0 unspecified atom stereocenters. The monoisotopic (exact) mass is 465 g/mol. The second kappa shape index (κ2) is 11.3. The van der Waals surface area contributed by atoms with Crippen molar-refractivity contribution in [3.8, 4) is 17.0 Å². The van der Waals surface area contributed by atoms with Gasteiger partial charge in [-0.15, -0.1) is 10.2 Å². The topological polar surface area (TPSA) is 78.9 Å². The molecule has 1 saturated carbocycles. The van der Waals surface area contributed by atoms with Crippen LogP contribution in [0.5, 0.6) is 5.75 Å². The third-order valence-electron chi connectivity index (χ3n) is 6.77. The van der Waals surface area contributed by atoms with Crippen molar-refractivity contribution in [2.24, 2.45) is 5.92 Å². The van der Waals surface area contributed by atoms with Gasteiger partial charge in [0.15, 0.2) is 5.82 Å². The van der Waals surface area contributed by atoms with Gasteiger partial charge < -0.3 is 19.4 Å². The van der Waals surface area contributed by atoms with Crippen molar-refractivity contribution in [3.63, 3.8) is 0 Å². The van der Waals surface area contributed by atoms with E-state index in [-0.39, 0.29) is 24.3 Å². The molecule has 2 aromatic rings. The molecule has 1 aliphatic heterocycles. The minimum absolute atomic E-state index is 0.0439. The molecule has 0 radical (unpaired) electrons. The molecule has 1 aromatic heterocycles. The van der Waals surface area contributed by atoms with Crippen molar-refractivity contribution in [1.82, 2.24) is 20.0 Å². The summed E-state index contributed by atoms with van der Waals surface area (Å²) in [5.74, 6) is 1.92. The number of anilines is 1. The maximum atomic E-state index is 13.0. The molecule has 182 valence electrons. The fraction of sp³-hybridized carbons (Fsp3) is 0.538. The highest BCUT2D eigenvalue weighted by atomic mass is 16.5. The third kappa shape index (κ3) is 5.66. The Bertz CT molecular complexity index is 977. The summed E-state index contributed by atoms with van der Waals surface area (Å²) in [6.07, 6.45) is 4.77. The number of methoxy groups -OCH3 is 1. The van der Waals surface area contributed by atoms with Crippen LogP contribution < -0.4 is 9.64 Å². The molecule has 0 bridgehead atoms. The number of rotatable bonds is 8. The summed E-state index contributed by atoms with van der Waals surface area (Å²) in [7, 11) is 1.65. The average Bonchev–Trinajstić information content (AvgIpc) is 3.09. The highest BCUT2D eigenvalue weighted by molar-refractivity contribution is 5.86. The molecule has 2 fully saturated rings. The summed E-state index contributed by atoms with van der Waals surface area (Å²) in [4.78, 5) is 31.6. The predicted octanol–water partition coefficient (Wildman–Crippen LogP) is 3.23. The Morgan fingerprint density at radius 3 is 2.59 bits per heavy atom. The van der Waals surface area contributed by atoms with Gasteiger partial charge in [-0.2, -0.15) is 0 Å². The quantitative estimate of drug-likeness (QED) is 0.596. The van der Waals surface area contributed by atoms with Crippen LogP contribution in [0.2, 0.25) is 0 Å². The molecule has 1 saturated heterocycles. The molecule has 4 rings (SSSR count). The first-order valence-corrected chi connectivity index (χ1v) is 12.4. The molecular formula is C26H35N5O3. The van der Waals surface area contributed by atoms with E-state index < -0.39 is 0 Å². The lowest BCUT2D eigenvalue weighted by Crippen LogP contribution is -2.47. The molecule has 0 N–H and O–H groups in total. The first-order valence-electron chi connectivity index (χ1n) is 12.4. The Morgan fingerprint density at radius 1 is 1.06 bits per heavy atom. The molecule has 8 nitrogen and oxygen atoms in total. The third-order valence-corrected chi connectivity index (χ3v) is 6.77. The average molecular weight is 466 g/mol. The molecule has 34 heavy (non-hydrogen) atoms. The lowest BCUT2D eigenvalue weighted by Gasteiger charge is -2.32. The summed E-state index contributed by atoms with van der Waals surface area (Å²) < 4.78 is 5.30. The van der Waals surface area contributed by atoms with Crippen LogP contribution in [0, 0.1) is 5.92 Å². The largest absolute Gasteiger partial charge is 0.497 e. The number of hydrogen-bond acceptors (Lipinski definition) is 6. The van der Waals surface area contributed by atoms with Crippen LogP contribution in [0.3, 0.4) is 0 Å². The lowest BCUT2D eigenvalue weighted by atomic mass is 9.84. The zero-order chi connectivity index (χ0) is 23.9. The van der Waals surface area contributed by atoms with Crippen LogP contribution in [0.15, 0.2) is 36.4 Å². The van der Waals surface area contributed by atoms with Crippen LogP contribution in [-0.2, 0) is 9.59 Å². The number of carbonyl (C=O) groups is 2. The normalized spacial score (nSPS) is 16.5. The van der Waals surface area contributed by atoms with Crippen LogP contribution in [0.25, 0.3) is 11.3 Å². The van der Waals surface area contributed by atoms with Gasteiger partial charge in [0.25, 0.3) is 0 Å². The van der Waals surface area contributed by atoms with Gasteiger partial charge in [-0.1, -0.05) is 25.5 Å². The van der Waals surface area contributed by atoms with Gasteiger partial charge >= 0.3 is 0 Å². The van der Waals surface area contributed by atoms with Crippen LogP contribution in [0.1, 0.15) is 39.0 Å². The second-order valence-corrected chi connectivity index (χ2v) is 9.12. The summed E-state index contributed by atoms with van der Waals surface area (Å²) in [6, 6.07) is 11.7. The SMILES string of the molecule is CCCN(CC(=O)N1CCCN(c2ccc(-c3cccc(OC)c3)nn2)CC1)C(=O)C1CCC1. The predicted molar refractivity (Wildman–Crippen MR) is 132 cm³/mol. The van der Waals surface area contributed by atoms with Crippen molar-refractivity contribution in [2.45, 2.75) is 39.0 Å². The van der Waals surface area contributed by atoms with E-state index in [2.05, 4.69) is 22.0 Å². The Morgan fingerprint density at radius 2 is 1.91 bits per heavy atom. The Hall–Kier alpha value is -3.16. The van der Waals surface area contributed by atoms with E-state index in [1.165, 1.54) is 0 Å². The molecule has 2 heterocycles. The molecular weight excluding hydrogens is 430 g/mol. The lowest BCUT2D eigenvalue weighted by molar-refractivity contribution is -0.144. The van der Waals surface area contributed by atoms with Crippen molar-refractivity contribution >= 4 is 17.6 Å². The van der Waals surface area contributed by atoms with E-state index in [0.717, 1.165) is 61.5 Å². The molecule has 0 spiro atoms. The highest BCUT2D eigenvalue weighted by Crippen LogP contribution is 2.28. The van der Waals surface area contributed by atoms with Crippen LogP contribution in [-0.4, -0.2) is 78.2 Å². The number of nitrogens with zero attached hydrogens (tertiary/aromatic N) is 5. The molecule has 8 heteroatoms.